The highest BCUT2D eigenvalue weighted by Crippen LogP contribution is 2.29. The smallest absolute Gasteiger partial charge is 0.229 e. The van der Waals surface area contributed by atoms with Gasteiger partial charge >= 0.3 is 0 Å². The van der Waals surface area contributed by atoms with Crippen LogP contribution in [0.5, 0.6) is 5.75 Å². The van der Waals surface area contributed by atoms with Crippen molar-refractivity contribution in [3.8, 4) is 17.1 Å². The first-order valence-corrected chi connectivity index (χ1v) is 7.15. The molecule has 1 heterocycles. The minimum atomic E-state index is -0.481. The Morgan fingerprint density at radius 1 is 1.40 bits per heavy atom. The fraction of sp³-hybridized carbons (Fsp3) is 0.429. The van der Waals surface area contributed by atoms with Crippen LogP contribution in [0.15, 0.2) is 27.2 Å². The fourth-order valence-electron chi connectivity index (χ4n) is 1.68. The lowest BCUT2D eigenvalue weighted by Crippen LogP contribution is -2.17. The van der Waals surface area contributed by atoms with E-state index >= 15 is 0 Å². The summed E-state index contributed by atoms with van der Waals surface area (Å²) in [6.07, 6.45) is -0.118. The summed E-state index contributed by atoms with van der Waals surface area (Å²) in [7, 11) is 1.61. The molecular formula is C14H17BrN2O3. The first-order valence-electron chi connectivity index (χ1n) is 6.35. The van der Waals surface area contributed by atoms with Crippen molar-refractivity contribution >= 4 is 15.9 Å². The topological polar surface area (TPSA) is 68.4 Å². The summed E-state index contributed by atoms with van der Waals surface area (Å²) in [5.74, 6) is 1.83. The van der Waals surface area contributed by atoms with Gasteiger partial charge in [0.15, 0.2) is 0 Å². The van der Waals surface area contributed by atoms with E-state index in [1.54, 1.807) is 7.11 Å². The van der Waals surface area contributed by atoms with Gasteiger partial charge in [0.2, 0.25) is 11.7 Å². The molecule has 1 aromatic carbocycles. The van der Waals surface area contributed by atoms with Gasteiger partial charge in [-0.15, -0.1) is 0 Å². The Kier molecular flexibility index (Phi) is 4.77. The van der Waals surface area contributed by atoms with Gasteiger partial charge in [-0.05, 0) is 40.0 Å². The van der Waals surface area contributed by atoms with E-state index in [4.69, 9.17) is 9.26 Å². The van der Waals surface area contributed by atoms with Crippen LogP contribution in [-0.2, 0) is 6.42 Å². The molecule has 0 radical (unpaired) electrons. The molecule has 0 bridgehead atoms. The lowest BCUT2D eigenvalue weighted by molar-refractivity contribution is 0.116. The number of halogens is 1. The predicted octanol–water partition coefficient (Wildman–Crippen LogP) is 3.07. The van der Waals surface area contributed by atoms with Crippen molar-refractivity contribution in [3.63, 3.8) is 0 Å². The van der Waals surface area contributed by atoms with Gasteiger partial charge in [0.25, 0.3) is 0 Å². The van der Waals surface area contributed by atoms with Crippen LogP contribution >= 0.6 is 15.9 Å². The summed E-state index contributed by atoms with van der Waals surface area (Å²) < 4.78 is 11.2. The van der Waals surface area contributed by atoms with Gasteiger partial charge in [-0.1, -0.05) is 19.0 Å². The van der Waals surface area contributed by atoms with Crippen LogP contribution in [-0.4, -0.2) is 28.5 Å². The average molecular weight is 341 g/mol. The monoisotopic (exact) mass is 340 g/mol. The zero-order chi connectivity index (χ0) is 14.7. The van der Waals surface area contributed by atoms with Crippen LogP contribution in [0, 0.1) is 5.92 Å². The van der Waals surface area contributed by atoms with Crippen LogP contribution < -0.4 is 4.74 Å². The third kappa shape index (κ3) is 3.37. The number of hydrogen-bond donors (Lipinski definition) is 1. The van der Waals surface area contributed by atoms with E-state index in [-0.39, 0.29) is 5.92 Å². The zero-order valence-corrected chi connectivity index (χ0v) is 13.2. The summed E-state index contributed by atoms with van der Waals surface area (Å²) in [6.45, 7) is 3.89. The van der Waals surface area contributed by atoms with Gasteiger partial charge in [-0.3, -0.25) is 0 Å². The first-order chi connectivity index (χ1) is 9.51. The number of rotatable bonds is 5. The summed E-state index contributed by atoms with van der Waals surface area (Å²) in [5.41, 5.74) is 0.826. The quantitative estimate of drug-likeness (QED) is 0.905. The van der Waals surface area contributed by atoms with E-state index in [9.17, 15) is 5.11 Å². The molecule has 2 aromatic rings. The molecule has 0 aliphatic carbocycles. The van der Waals surface area contributed by atoms with Crippen molar-refractivity contribution in [2.45, 2.75) is 26.4 Å². The summed E-state index contributed by atoms with van der Waals surface area (Å²) in [4.78, 5) is 4.30. The van der Waals surface area contributed by atoms with Gasteiger partial charge in [-0.25, -0.2) is 0 Å². The molecule has 0 saturated heterocycles. The number of nitrogens with zero attached hydrogens (tertiary/aromatic N) is 2. The molecule has 0 spiro atoms. The Bertz CT molecular complexity index is 584. The third-order valence-corrected chi connectivity index (χ3v) is 3.65. The average Bonchev–Trinajstić information content (AvgIpc) is 2.87. The van der Waals surface area contributed by atoms with Crippen molar-refractivity contribution in [3.05, 3.63) is 28.6 Å². The molecule has 1 N–H and O–H groups in total. The molecule has 0 amide bonds. The summed E-state index contributed by atoms with van der Waals surface area (Å²) in [5, 5.41) is 13.8. The Hall–Kier alpha value is -1.40. The second-order valence-electron chi connectivity index (χ2n) is 4.88. The van der Waals surface area contributed by atoms with Crippen molar-refractivity contribution in [1.29, 1.82) is 0 Å². The molecule has 1 atom stereocenters. The van der Waals surface area contributed by atoms with E-state index < -0.39 is 6.10 Å². The fourth-order valence-corrected chi connectivity index (χ4v) is 2.22. The maximum atomic E-state index is 9.82. The number of aromatic nitrogens is 2. The molecule has 0 aliphatic rings. The van der Waals surface area contributed by atoms with Crippen LogP contribution in [0.3, 0.4) is 0 Å². The molecule has 6 heteroatoms. The molecule has 1 aromatic heterocycles. The molecule has 20 heavy (non-hydrogen) atoms. The number of hydrogen-bond acceptors (Lipinski definition) is 5. The molecule has 2 rings (SSSR count). The van der Waals surface area contributed by atoms with E-state index in [2.05, 4.69) is 26.1 Å². The normalized spacial score (nSPS) is 12.7. The Morgan fingerprint density at radius 2 is 2.15 bits per heavy atom. The molecule has 0 fully saturated rings. The Balaban J connectivity index is 2.18. The maximum Gasteiger partial charge on any atom is 0.229 e. The van der Waals surface area contributed by atoms with Gasteiger partial charge in [0.05, 0.1) is 24.1 Å². The molecular weight excluding hydrogens is 324 g/mol. The molecule has 108 valence electrons. The zero-order valence-electron chi connectivity index (χ0n) is 11.6. The third-order valence-electron chi connectivity index (χ3n) is 3.03. The SMILES string of the molecule is COc1ccc(-c2noc(CC(O)C(C)C)n2)cc1Br. The van der Waals surface area contributed by atoms with Gasteiger partial charge in [-0.2, -0.15) is 4.98 Å². The van der Waals surface area contributed by atoms with E-state index in [0.717, 1.165) is 15.8 Å². The van der Waals surface area contributed by atoms with Crippen LogP contribution in [0.4, 0.5) is 0 Å². The summed E-state index contributed by atoms with van der Waals surface area (Å²) in [6, 6.07) is 5.56. The summed E-state index contributed by atoms with van der Waals surface area (Å²) >= 11 is 3.42. The van der Waals surface area contributed by atoms with Crippen LogP contribution in [0.2, 0.25) is 0 Å². The second-order valence-corrected chi connectivity index (χ2v) is 5.73. The van der Waals surface area contributed by atoms with Crippen molar-refractivity contribution in [2.24, 2.45) is 5.92 Å². The molecule has 0 aliphatic heterocycles. The van der Waals surface area contributed by atoms with E-state index in [1.165, 1.54) is 0 Å². The molecule has 1 unspecified atom stereocenters. The first kappa shape index (κ1) is 15.0. The lowest BCUT2D eigenvalue weighted by atomic mass is 10.0. The number of methoxy groups -OCH3 is 1. The van der Waals surface area contributed by atoms with E-state index in [1.807, 2.05) is 32.0 Å². The van der Waals surface area contributed by atoms with Crippen molar-refractivity contribution < 1.29 is 14.4 Å². The van der Waals surface area contributed by atoms with Gasteiger partial charge in [0.1, 0.15) is 5.75 Å². The minimum absolute atomic E-state index is 0.153. The Labute approximate surface area is 126 Å². The lowest BCUT2D eigenvalue weighted by Gasteiger charge is -2.10. The highest BCUT2D eigenvalue weighted by Gasteiger charge is 2.16. The largest absolute Gasteiger partial charge is 0.496 e. The minimum Gasteiger partial charge on any atom is -0.496 e. The number of ether oxygens (including phenoxy) is 1. The van der Waals surface area contributed by atoms with Crippen molar-refractivity contribution in [2.75, 3.05) is 7.11 Å². The Morgan fingerprint density at radius 3 is 2.75 bits per heavy atom. The molecule has 5 nitrogen and oxygen atoms in total. The van der Waals surface area contributed by atoms with Gasteiger partial charge < -0.3 is 14.4 Å². The van der Waals surface area contributed by atoms with Crippen molar-refractivity contribution in [1.82, 2.24) is 10.1 Å². The van der Waals surface area contributed by atoms with Gasteiger partial charge in [0, 0.05) is 5.56 Å². The number of aliphatic hydroxyl groups excluding tert-OH is 1. The number of benzene rings is 1. The standard InChI is InChI=1S/C14H17BrN2O3/c1-8(2)11(18)7-13-16-14(17-20-13)9-4-5-12(19-3)10(15)6-9/h4-6,8,11,18H,7H2,1-3H3. The van der Waals surface area contributed by atoms with Crippen LogP contribution in [0.25, 0.3) is 11.4 Å². The number of aliphatic hydroxyl groups is 1. The van der Waals surface area contributed by atoms with Crippen LogP contribution in [0.1, 0.15) is 19.7 Å². The second kappa shape index (κ2) is 6.37. The predicted molar refractivity (Wildman–Crippen MR) is 78.5 cm³/mol. The highest BCUT2D eigenvalue weighted by molar-refractivity contribution is 9.10. The highest BCUT2D eigenvalue weighted by atomic mass is 79.9. The van der Waals surface area contributed by atoms with E-state index in [0.29, 0.717) is 18.1 Å². The molecule has 0 saturated carbocycles. The maximum absolute atomic E-state index is 9.82.